The Hall–Kier alpha value is -3.46. The number of benzene rings is 3. The van der Waals surface area contributed by atoms with Crippen LogP contribution in [0.2, 0.25) is 0 Å². The summed E-state index contributed by atoms with van der Waals surface area (Å²) in [5.41, 5.74) is 1.11. The SMILES string of the molecule is CCN(c1ccc(OCC(=O)Nc2cc(F)ccc2F)cc1)S(=O)(=O)c1ccc(C)cc1. The number of anilines is 2. The highest BCUT2D eigenvalue weighted by molar-refractivity contribution is 7.92. The van der Waals surface area contributed by atoms with E-state index < -0.39 is 34.2 Å². The van der Waals surface area contributed by atoms with Crippen LogP contribution in [0.1, 0.15) is 12.5 Å². The highest BCUT2D eigenvalue weighted by Gasteiger charge is 2.23. The van der Waals surface area contributed by atoms with E-state index in [-0.39, 0.29) is 17.1 Å². The van der Waals surface area contributed by atoms with Gasteiger partial charge in [-0.2, -0.15) is 0 Å². The molecule has 0 bridgehead atoms. The Morgan fingerprint density at radius 2 is 1.66 bits per heavy atom. The molecule has 32 heavy (non-hydrogen) atoms. The fourth-order valence-corrected chi connectivity index (χ4v) is 4.44. The molecule has 3 aromatic rings. The number of carbonyl (C=O) groups is 1. The Labute approximate surface area is 185 Å². The van der Waals surface area contributed by atoms with Crippen molar-refractivity contribution in [2.75, 3.05) is 22.8 Å². The number of hydrogen-bond donors (Lipinski definition) is 1. The van der Waals surface area contributed by atoms with Gasteiger partial charge in [0.25, 0.3) is 15.9 Å². The van der Waals surface area contributed by atoms with Crippen LogP contribution in [0.3, 0.4) is 0 Å². The van der Waals surface area contributed by atoms with Crippen molar-refractivity contribution in [3.63, 3.8) is 0 Å². The van der Waals surface area contributed by atoms with E-state index in [0.717, 1.165) is 23.8 Å². The Balaban J connectivity index is 1.66. The van der Waals surface area contributed by atoms with E-state index in [1.165, 1.54) is 16.4 Å². The minimum Gasteiger partial charge on any atom is -0.484 e. The lowest BCUT2D eigenvalue weighted by Crippen LogP contribution is -2.30. The molecule has 0 aromatic heterocycles. The van der Waals surface area contributed by atoms with Crippen LogP contribution in [0.5, 0.6) is 5.75 Å². The molecule has 0 fully saturated rings. The summed E-state index contributed by atoms with van der Waals surface area (Å²) in [6, 6.07) is 15.5. The summed E-state index contributed by atoms with van der Waals surface area (Å²) in [5, 5.41) is 2.24. The molecule has 0 heterocycles. The zero-order valence-corrected chi connectivity index (χ0v) is 18.3. The third-order valence-electron chi connectivity index (χ3n) is 4.59. The molecule has 0 aliphatic carbocycles. The fraction of sp³-hybridized carbons (Fsp3) is 0.174. The summed E-state index contributed by atoms with van der Waals surface area (Å²) in [6.07, 6.45) is 0. The van der Waals surface area contributed by atoms with E-state index in [9.17, 15) is 22.0 Å². The van der Waals surface area contributed by atoms with Crippen LogP contribution in [0.25, 0.3) is 0 Å². The molecule has 168 valence electrons. The van der Waals surface area contributed by atoms with Crippen molar-refractivity contribution in [2.45, 2.75) is 18.7 Å². The summed E-state index contributed by atoms with van der Waals surface area (Å²) in [5.74, 6) is -1.80. The lowest BCUT2D eigenvalue weighted by atomic mass is 10.2. The lowest BCUT2D eigenvalue weighted by molar-refractivity contribution is -0.118. The number of hydrogen-bond acceptors (Lipinski definition) is 4. The summed E-state index contributed by atoms with van der Waals surface area (Å²) in [7, 11) is -3.74. The molecule has 0 atom stereocenters. The van der Waals surface area contributed by atoms with E-state index in [0.29, 0.717) is 11.4 Å². The van der Waals surface area contributed by atoms with Crippen molar-refractivity contribution in [3.8, 4) is 5.75 Å². The number of nitrogens with one attached hydrogen (secondary N) is 1. The van der Waals surface area contributed by atoms with Gasteiger partial charge in [0.05, 0.1) is 16.3 Å². The maximum Gasteiger partial charge on any atom is 0.264 e. The fourth-order valence-electron chi connectivity index (χ4n) is 2.97. The molecule has 0 aliphatic rings. The average molecular weight is 461 g/mol. The minimum atomic E-state index is -3.74. The van der Waals surface area contributed by atoms with Gasteiger partial charge in [-0.3, -0.25) is 9.10 Å². The van der Waals surface area contributed by atoms with Gasteiger partial charge in [0.1, 0.15) is 17.4 Å². The smallest absolute Gasteiger partial charge is 0.264 e. The van der Waals surface area contributed by atoms with E-state index in [4.69, 9.17) is 4.74 Å². The van der Waals surface area contributed by atoms with Gasteiger partial charge in [-0.25, -0.2) is 17.2 Å². The molecule has 0 saturated heterocycles. The van der Waals surface area contributed by atoms with E-state index in [2.05, 4.69) is 5.32 Å². The Morgan fingerprint density at radius 1 is 1.00 bits per heavy atom. The predicted molar refractivity (Wildman–Crippen MR) is 118 cm³/mol. The van der Waals surface area contributed by atoms with Gasteiger partial charge in [0.15, 0.2) is 6.61 Å². The van der Waals surface area contributed by atoms with Crippen LogP contribution in [-0.2, 0) is 14.8 Å². The maximum absolute atomic E-state index is 13.6. The van der Waals surface area contributed by atoms with Gasteiger partial charge in [0, 0.05) is 12.6 Å². The average Bonchev–Trinajstić information content (AvgIpc) is 2.76. The molecule has 0 radical (unpaired) electrons. The molecule has 0 unspecified atom stereocenters. The van der Waals surface area contributed by atoms with Gasteiger partial charge in [0.2, 0.25) is 0 Å². The van der Waals surface area contributed by atoms with Crippen molar-refractivity contribution < 1.29 is 26.7 Å². The molecular weight excluding hydrogens is 438 g/mol. The Kier molecular flexibility index (Phi) is 7.09. The van der Waals surface area contributed by atoms with Crippen LogP contribution in [-0.4, -0.2) is 27.5 Å². The third kappa shape index (κ3) is 5.42. The van der Waals surface area contributed by atoms with E-state index in [1.54, 1.807) is 43.3 Å². The first-order chi connectivity index (χ1) is 15.2. The molecule has 3 rings (SSSR count). The molecule has 0 aliphatic heterocycles. The van der Waals surface area contributed by atoms with Gasteiger partial charge >= 0.3 is 0 Å². The normalized spacial score (nSPS) is 11.1. The second-order valence-corrected chi connectivity index (χ2v) is 8.80. The topological polar surface area (TPSA) is 75.7 Å². The van der Waals surface area contributed by atoms with E-state index in [1.807, 2.05) is 6.92 Å². The van der Waals surface area contributed by atoms with Crippen LogP contribution in [0.15, 0.2) is 71.6 Å². The molecule has 0 spiro atoms. The monoisotopic (exact) mass is 460 g/mol. The van der Waals surface area contributed by atoms with Crippen LogP contribution in [0, 0.1) is 18.6 Å². The van der Waals surface area contributed by atoms with Crippen molar-refractivity contribution in [2.24, 2.45) is 0 Å². The van der Waals surface area contributed by atoms with Crippen molar-refractivity contribution in [1.82, 2.24) is 0 Å². The van der Waals surface area contributed by atoms with Gasteiger partial charge in [-0.1, -0.05) is 17.7 Å². The summed E-state index contributed by atoms with van der Waals surface area (Å²) >= 11 is 0. The van der Waals surface area contributed by atoms with Gasteiger partial charge in [-0.15, -0.1) is 0 Å². The number of amides is 1. The van der Waals surface area contributed by atoms with E-state index >= 15 is 0 Å². The standard InChI is InChI=1S/C23H22F2N2O4S/c1-3-27(32(29,30)20-11-4-16(2)5-12-20)18-7-9-19(10-8-18)31-15-23(28)26-22-14-17(24)6-13-21(22)25/h4-14H,3,15H2,1-2H3,(H,26,28). The summed E-state index contributed by atoms with van der Waals surface area (Å²) in [4.78, 5) is 12.2. The lowest BCUT2D eigenvalue weighted by Gasteiger charge is -2.23. The predicted octanol–water partition coefficient (Wildman–Crippen LogP) is 4.51. The highest BCUT2D eigenvalue weighted by atomic mass is 32.2. The van der Waals surface area contributed by atoms with Crippen LogP contribution >= 0.6 is 0 Å². The Bertz CT molecular complexity index is 1200. The zero-order chi connectivity index (χ0) is 23.3. The molecule has 1 N–H and O–H groups in total. The number of aryl methyl sites for hydroxylation is 1. The molecule has 0 saturated carbocycles. The quantitative estimate of drug-likeness (QED) is 0.537. The highest BCUT2D eigenvalue weighted by Crippen LogP contribution is 2.26. The van der Waals surface area contributed by atoms with Crippen LogP contribution in [0.4, 0.5) is 20.2 Å². The first-order valence-electron chi connectivity index (χ1n) is 9.78. The molecular formula is C23H22F2N2O4S. The van der Waals surface area contributed by atoms with Crippen molar-refractivity contribution in [3.05, 3.63) is 83.9 Å². The molecule has 3 aromatic carbocycles. The molecule has 9 heteroatoms. The first-order valence-corrected chi connectivity index (χ1v) is 11.2. The second-order valence-electron chi connectivity index (χ2n) is 6.94. The summed E-state index contributed by atoms with van der Waals surface area (Å²) < 4.78 is 59.4. The number of ether oxygens (including phenoxy) is 1. The third-order valence-corrected chi connectivity index (χ3v) is 6.51. The number of carbonyl (C=O) groups excluding carboxylic acids is 1. The maximum atomic E-state index is 13.6. The number of nitrogens with zero attached hydrogens (tertiary/aromatic N) is 1. The van der Waals surface area contributed by atoms with Gasteiger partial charge < -0.3 is 10.1 Å². The Morgan fingerprint density at radius 3 is 2.28 bits per heavy atom. The number of sulfonamides is 1. The molecule has 1 amide bonds. The van der Waals surface area contributed by atoms with Crippen molar-refractivity contribution in [1.29, 1.82) is 0 Å². The second kappa shape index (κ2) is 9.78. The van der Waals surface area contributed by atoms with Crippen LogP contribution < -0.4 is 14.4 Å². The minimum absolute atomic E-state index is 0.187. The first kappa shape index (κ1) is 23.2. The zero-order valence-electron chi connectivity index (χ0n) is 17.5. The number of rotatable bonds is 8. The number of halogens is 2. The van der Waals surface area contributed by atoms with Gasteiger partial charge in [-0.05, 0) is 62.4 Å². The largest absolute Gasteiger partial charge is 0.484 e. The summed E-state index contributed by atoms with van der Waals surface area (Å²) in [6.45, 7) is 3.39. The van der Waals surface area contributed by atoms with Crippen molar-refractivity contribution >= 4 is 27.3 Å². The molecule has 6 nitrogen and oxygen atoms in total.